The molecule has 7 heteroatoms. The summed E-state index contributed by atoms with van der Waals surface area (Å²) in [6, 6.07) is 12.6. The Morgan fingerprint density at radius 3 is 1.80 bits per heavy atom. The number of esters is 2. The maximum Gasteiger partial charge on any atom is 0.333 e. The van der Waals surface area contributed by atoms with Crippen LogP contribution in [0.15, 0.2) is 60.7 Å². The van der Waals surface area contributed by atoms with Crippen LogP contribution in [-0.4, -0.2) is 50.1 Å². The fourth-order valence-corrected chi connectivity index (χ4v) is 4.75. The number of aliphatic hydroxyl groups is 1. The summed E-state index contributed by atoms with van der Waals surface area (Å²) in [5.74, 6) is 0.851. The van der Waals surface area contributed by atoms with E-state index in [0.29, 0.717) is 41.4 Å². The van der Waals surface area contributed by atoms with E-state index in [9.17, 15) is 14.7 Å². The molecule has 0 heterocycles. The third kappa shape index (κ3) is 9.26. The number of hydrogen-bond acceptors (Lipinski definition) is 7. The Morgan fingerprint density at radius 1 is 0.800 bits per heavy atom. The summed E-state index contributed by atoms with van der Waals surface area (Å²) in [4.78, 5) is 23.5. The van der Waals surface area contributed by atoms with Gasteiger partial charge in [0, 0.05) is 23.3 Å². The number of aliphatic hydroxyl groups excluding tert-OH is 1. The third-order valence-electron chi connectivity index (χ3n) is 6.92. The second-order valence-corrected chi connectivity index (χ2v) is 10.3. The van der Waals surface area contributed by atoms with E-state index in [2.05, 4.69) is 37.4 Å². The Labute approximate surface area is 237 Å². The molecule has 0 spiro atoms. The second kappa shape index (κ2) is 15.9. The van der Waals surface area contributed by atoms with E-state index >= 15 is 0 Å². The first-order valence-corrected chi connectivity index (χ1v) is 14.1. The van der Waals surface area contributed by atoms with Gasteiger partial charge in [-0.25, -0.2) is 9.59 Å². The molecule has 1 aliphatic rings. The Balaban J connectivity index is 1.86. The molecule has 0 radical (unpaired) electrons. The molecule has 1 saturated carbocycles. The van der Waals surface area contributed by atoms with Crippen molar-refractivity contribution in [1.82, 2.24) is 0 Å². The number of hydrogen-bond donors (Lipinski definition) is 1. The molecule has 0 atom stereocenters. The van der Waals surface area contributed by atoms with Crippen molar-refractivity contribution in [2.45, 2.75) is 64.7 Å². The van der Waals surface area contributed by atoms with Gasteiger partial charge >= 0.3 is 11.9 Å². The fourth-order valence-electron chi connectivity index (χ4n) is 4.75. The summed E-state index contributed by atoms with van der Waals surface area (Å²) < 4.78 is 22.6. The lowest BCUT2D eigenvalue weighted by atomic mass is 9.83. The minimum absolute atomic E-state index is 0.00963. The Hall–Kier alpha value is -3.58. The predicted octanol–water partition coefficient (Wildman–Crippen LogP) is 6.32. The molecule has 0 aliphatic heterocycles. The number of rotatable bonds is 15. The first kappa shape index (κ1) is 31.0. The molecule has 2 aromatic rings. The molecular weight excluding hydrogens is 508 g/mol. The highest BCUT2D eigenvalue weighted by Gasteiger charge is 2.18. The minimum Gasteiger partial charge on any atom is -0.490 e. The molecule has 1 fully saturated rings. The van der Waals surface area contributed by atoms with Crippen LogP contribution in [0.2, 0.25) is 0 Å². The van der Waals surface area contributed by atoms with Crippen LogP contribution in [0.1, 0.15) is 69.4 Å². The molecule has 40 heavy (non-hydrogen) atoms. The highest BCUT2D eigenvalue weighted by Crippen LogP contribution is 2.38. The quantitative estimate of drug-likeness (QED) is 0.158. The molecule has 1 N–H and O–H groups in total. The van der Waals surface area contributed by atoms with Crippen molar-refractivity contribution in [2.75, 3.05) is 33.0 Å². The monoisotopic (exact) mass is 550 g/mol. The van der Waals surface area contributed by atoms with Crippen LogP contribution in [0.25, 0.3) is 11.1 Å². The van der Waals surface area contributed by atoms with E-state index in [1.807, 2.05) is 12.1 Å². The highest BCUT2D eigenvalue weighted by atomic mass is 16.6. The molecule has 2 aromatic carbocycles. The number of benzene rings is 2. The van der Waals surface area contributed by atoms with Crippen molar-refractivity contribution in [3.05, 3.63) is 71.8 Å². The lowest BCUT2D eigenvalue weighted by Crippen LogP contribution is -2.15. The smallest absolute Gasteiger partial charge is 0.333 e. The standard InChI is InChI=1S/C33H42O7/c1-23(2)32(35)39-19-17-37-30-21-28(27-14-12-26(13-15-27)25-9-6-5-7-10-25)22-31(29(30)11-8-16-34)38-18-20-40-33(36)24(3)4/h12-15,21-22,25,34H,1,3,5-11,16-20H2,2,4H3. The Kier molecular flexibility index (Phi) is 12.3. The molecular formula is C33H42O7. The van der Waals surface area contributed by atoms with Crippen LogP contribution in [0, 0.1) is 0 Å². The maximum absolute atomic E-state index is 11.8. The summed E-state index contributed by atoms with van der Waals surface area (Å²) in [6.45, 7) is 10.8. The molecule has 1 aliphatic carbocycles. The molecule has 216 valence electrons. The zero-order valence-corrected chi connectivity index (χ0v) is 23.8. The molecule has 0 saturated heterocycles. The van der Waals surface area contributed by atoms with Gasteiger partial charge in [0.05, 0.1) is 0 Å². The zero-order valence-electron chi connectivity index (χ0n) is 23.8. The summed E-state index contributed by atoms with van der Waals surface area (Å²) in [6.07, 6.45) is 7.39. The summed E-state index contributed by atoms with van der Waals surface area (Å²) in [7, 11) is 0. The van der Waals surface area contributed by atoms with Crippen LogP contribution < -0.4 is 9.47 Å². The lowest BCUT2D eigenvalue weighted by Gasteiger charge is -2.22. The van der Waals surface area contributed by atoms with Crippen molar-refractivity contribution < 1.29 is 33.6 Å². The average Bonchev–Trinajstić information content (AvgIpc) is 2.96. The number of carbonyl (C=O) groups is 2. The molecule has 7 nitrogen and oxygen atoms in total. The van der Waals surface area contributed by atoms with Crippen molar-refractivity contribution in [3.63, 3.8) is 0 Å². The minimum atomic E-state index is -0.468. The largest absolute Gasteiger partial charge is 0.490 e. The van der Waals surface area contributed by atoms with Crippen LogP contribution in [0.3, 0.4) is 0 Å². The molecule has 3 rings (SSSR count). The molecule has 0 aromatic heterocycles. The van der Waals surface area contributed by atoms with Gasteiger partial charge in [-0.15, -0.1) is 0 Å². The van der Waals surface area contributed by atoms with Gasteiger partial charge in [-0.3, -0.25) is 0 Å². The van der Waals surface area contributed by atoms with Gasteiger partial charge in [0.15, 0.2) is 0 Å². The Morgan fingerprint density at radius 2 is 1.32 bits per heavy atom. The van der Waals surface area contributed by atoms with Gasteiger partial charge in [0.2, 0.25) is 0 Å². The number of carbonyl (C=O) groups excluding carboxylic acids is 2. The van der Waals surface area contributed by atoms with Crippen LogP contribution >= 0.6 is 0 Å². The molecule has 0 bridgehead atoms. The van der Waals surface area contributed by atoms with Gasteiger partial charge in [-0.05, 0) is 74.3 Å². The van der Waals surface area contributed by atoms with E-state index in [4.69, 9.17) is 18.9 Å². The van der Waals surface area contributed by atoms with Gasteiger partial charge in [-0.2, -0.15) is 0 Å². The van der Waals surface area contributed by atoms with Crippen LogP contribution in [-0.2, 0) is 25.5 Å². The van der Waals surface area contributed by atoms with E-state index in [1.54, 1.807) is 13.8 Å². The van der Waals surface area contributed by atoms with Crippen molar-refractivity contribution >= 4 is 11.9 Å². The van der Waals surface area contributed by atoms with Crippen LogP contribution in [0.4, 0.5) is 0 Å². The Bertz CT molecular complexity index is 1100. The highest BCUT2D eigenvalue weighted by molar-refractivity contribution is 5.87. The average molecular weight is 551 g/mol. The van der Waals surface area contributed by atoms with Crippen molar-refractivity contribution in [3.8, 4) is 22.6 Å². The van der Waals surface area contributed by atoms with E-state index in [1.165, 1.54) is 37.7 Å². The summed E-state index contributed by atoms with van der Waals surface area (Å²) >= 11 is 0. The molecule has 0 unspecified atom stereocenters. The SMILES string of the molecule is C=C(C)C(=O)OCCOc1cc(-c2ccc(C3CCCCC3)cc2)cc(OCCOC(=O)C(=C)C)c1CCCO. The first-order valence-electron chi connectivity index (χ1n) is 14.1. The van der Waals surface area contributed by atoms with Gasteiger partial charge in [0.1, 0.15) is 37.9 Å². The van der Waals surface area contributed by atoms with E-state index in [-0.39, 0.29) is 33.0 Å². The van der Waals surface area contributed by atoms with E-state index in [0.717, 1.165) is 16.7 Å². The van der Waals surface area contributed by atoms with Crippen LogP contribution in [0.5, 0.6) is 11.5 Å². The van der Waals surface area contributed by atoms with Gasteiger partial charge in [0.25, 0.3) is 0 Å². The fraction of sp³-hybridized carbons (Fsp3) is 0.455. The second-order valence-electron chi connectivity index (χ2n) is 10.3. The third-order valence-corrected chi connectivity index (χ3v) is 6.92. The van der Waals surface area contributed by atoms with Crippen molar-refractivity contribution in [1.29, 1.82) is 0 Å². The maximum atomic E-state index is 11.8. The zero-order chi connectivity index (χ0) is 28.9. The topological polar surface area (TPSA) is 91.3 Å². The molecule has 0 amide bonds. The number of ether oxygens (including phenoxy) is 4. The van der Waals surface area contributed by atoms with E-state index < -0.39 is 11.9 Å². The van der Waals surface area contributed by atoms with Gasteiger partial charge in [-0.1, -0.05) is 56.7 Å². The van der Waals surface area contributed by atoms with Gasteiger partial charge < -0.3 is 24.1 Å². The lowest BCUT2D eigenvalue weighted by molar-refractivity contribution is -0.140. The predicted molar refractivity (Wildman–Crippen MR) is 156 cm³/mol. The van der Waals surface area contributed by atoms with Crippen molar-refractivity contribution in [2.24, 2.45) is 0 Å². The summed E-state index contributed by atoms with van der Waals surface area (Å²) in [5.41, 5.74) is 4.73. The first-order chi connectivity index (χ1) is 19.3. The normalized spacial score (nSPS) is 13.4. The summed E-state index contributed by atoms with van der Waals surface area (Å²) in [5, 5.41) is 9.52.